The fraction of sp³-hybridized carbons (Fsp3) is 0.529. The normalized spacial score (nSPS) is 10.9. The average Bonchev–Trinajstić information content (AvgIpc) is 2.44. The predicted octanol–water partition coefficient (Wildman–Crippen LogP) is 4.77. The first-order chi connectivity index (χ1) is 9.31. The van der Waals surface area contributed by atoms with E-state index in [1.807, 2.05) is 6.07 Å². The number of rotatable bonds is 9. The first kappa shape index (κ1) is 15.6. The van der Waals surface area contributed by atoms with Gasteiger partial charge < -0.3 is 9.47 Å². The van der Waals surface area contributed by atoms with Gasteiger partial charge in [0.05, 0.1) is 13.2 Å². The fourth-order valence-electron chi connectivity index (χ4n) is 1.78. The van der Waals surface area contributed by atoms with E-state index in [0.717, 1.165) is 50.4 Å². The fourth-order valence-corrected chi connectivity index (χ4v) is 1.78. The number of allylic oxidation sites excluding steroid dienone is 2. The Labute approximate surface area is 117 Å². The second-order valence-electron chi connectivity index (χ2n) is 4.59. The second kappa shape index (κ2) is 9.48. The van der Waals surface area contributed by atoms with Crippen molar-refractivity contribution in [2.75, 3.05) is 13.2 Å². The molecule has 0 saturated heterocycles. The Kier molecular flexibility index (Phi) is 7.80. The molecule has 0 heterocycles. The van der Waals surface area contributed by atoms with E-state index in [0.29, 0.717) is 0 Å². The smallest absolute Gasteiger partial charge is 0.161 e. The first-order valence-corrected chi connectivity index (χ1v) is 7.31. The Morgan fingerprint density at radius 1 is 1.00 bits per heavy atom. The maximum absolute atomic E-state index is 5.79. The molecule has 0 N–H and O–H groups in total. The molecule has 0 atom stereocenters. The summed E-state index contributed by atoms with van der Waals surface area (Å²) in [5, 5.41) is 0. The Hall–Kier alpha value is -1.44. The lowest BCUT2D eigenvalue weighted by molar-refractivity contribution is 0.268. The number of ether oxygens (including phenoxy) is 2. The van der Waals surface area contributed by atoms with E-state index >= 15 is 0 Å². The highest BCUT2D eigenvalue weighted by atomic mass is 16.5. The summed E-state index contributed by atoms with van der Waals surface area (Å²) in [5.41, 5.74) is 1.30. The van der Waals surface area contributed by atoms with E-state index in [4.69, 9.17) is 9.47 Å². The maximum atomic E-state index is 5.79. The molecule has 2 heteroatoms. The van der Waals surface area contributed by atoms with Gasteiger partial charge in [-0.2, -0.15) is 0 Å². The number of hydrogen-bond acceptors (Lipinski definition) is 2. The molecule has 0 aliphatic heterocycles. The van der Waals surface area contributed by atoms with Crippen LogP contribution in [0.3, 0.4) is 0 Å². The van der Waals surface area contributed by atoms with Crippen LogP contribution in [0.5, 0.6) is 11.5 Å². The van der Waals surface area contributed by atoms with Gasteiger partial charge in [0, 0.05) is 0 Å². The molecule has 0 spiro atoms. The summed E-state index contributed by atoms with van der Waals surface area (Å²) in [7, 11) is 0. The highest BCUT2D eigenvalue weighted by Gasteiger charge is 2.06. The van der Waals surface area contributed by atoms with Gasteiger partial charge in [-0.15, -0.1) is 0 Å². The van der Waals surface area contributed by atoms with Crippen molar-refractivity contribution >= 4 is 0 Å². The van der Waals surface area contributed by atoms with E-state index in [9.17, 15) is 0 Å². The molecule has 0 amide bonds. The Morgan fingerprint density at radius 3 is 2.32 bits per heavy atom. The summed E-state index contributed by atoms with van der Waals surface area (Å²) in [4.78, 5) is 0. The molecule has 0 unspecified atom stereocenters. The molecule has 0 saturated carbocycles. The third-order valence-electron chi connectivity index (χ3n) is 2.77. The van der Waals surface area contributed by atoms with Crippen LogP contribution in [-0.4, -0.2) is 13.2 Å². The van der Waals surface area contributed by atoms with Crippen molar-refractivity contribution in [3.05, 3.63) is 35.9 Å². The summed E-state index contributed by atoms with van der Waals surface area (Å²) < 4.78 is 11.5. The van der Waals surface area contributed by atoms with Crippen LogP contribution < -0.4 is 9.47 Å². The van der Waals surface area contributed by atoms with Crippen molar-refractivity contribution < 1.29 is 9.47 Å². The molecule has 2 nitrogen and oxygen atoms in total. The lowest BCUT2D eigenvalue weighted by atomic mass is 10.1. The molecule has 0 bridgehead atoms. The van der Waals surface area contributed by atoms with Crippen LogP contribution >= 0.6 is 0 Å². The molecular formula is C17H26O2. The minimum Gasteiger partial charge on any atom is -0.490 e. The number of aryl methyl sites for hydroxylation is 1. The van der Waals surface area contributed by atoms with Gasteiger partial charge in [0.2, 0.25) is 0 Å². The van der Waals surface area contributed by atoms with Crippen molar-refractivity contribution in [1.29, 1.82) is 0 Å². The van der Waals surface area contributed by atoms with E-state index in [1.54, 1.807) is 0 Å². The highest BCUT2D eigenvalue weighted by molar-refractivity contribution is 5.43. The molecule has 1 aromatic rings. The van der Waals surface area contributed by atoms with Crippen molar-refractivity contribution in [3.63, 3.8) is 0 Å². The molecule has 1 aromatic carbocycles. The molecule has 0 aromatic heterocycles. The zero-order valence-corrected chi connectivity index (χ0v) is 12.4. The van der Waals surface area contributed by atoms with Crippen molar-refractivity contribution in [2.24, 2.45) is 0 Å². The predicted molar refractivity (Wildman–Crippen MR) is 81.1 cm³/mol. The van der Waals surface area contributed by atoms with Gasteiger partial charge in [0.1, 0.15) is 0 Å². The molecule has 19 heavy (non-hydrogen) atoms. The quantitative estimate of drug-likeness (QED) is 0.597. The molecule has 0 fully saturated rings. The Morgan fingerprint density at radius 2 is 1.68 bits per heavy atom. The largest absolute Gasteiger partial charge is 0.490 e. The van der Waals surface area contributed by atoms with E-state index < -0.39 is 0 Å². The molecule has 0 radical (unpaired) electrons. The maximum Gasteiger partial charge on any atom is 0.161 e. The highest BCUT2D eigenvalue weighted by Crippen LogP contribution is 2.29. The summed E-state index contributed by atoms with van der Waals surface area (Å²) in [6.07, 6.45) is 8.41. The van der Waals surface area contributed by atoms with E-state index in [2.05, 4.69) is 45.1 Å². The Bertz CT molecular complexity index is 383. The van der Waals surface area contributed by atoms with Gasteiger partial charge in [0.15, 0.2) is 11.5 Å². The molecule has 1 rings (SSSR count). The van der Waals surface area contributed by atoms with Crippen LogP contribution in [0.4, 0.5) is 0 Å². The monoisotopic (exact) mass is 262 g/mol. The van der Waals surface area contributed by atoms with Gasteiger partial charge in [-0.1, -0.05) is 32.1 Å². The van der Waals surface area contributed by atoms with Gasteiger partial charge in [-0.05, 0) is 50.3 Å². The summed E-state index contributed by atoms with van der Waals surface area (Å²) in [5.74, 6) is 1.75. The van der Waals surface area contributed by atoms with E-state index in [1.165, 1.54) is 5.56 Å². The molecule has 0 aliphatic carbocycles. The molecular weight excluding hydrogens is 236 g/mol. The lowest BCUT2D eigenvalue weighted by Crippen LogP contribution is -2.02. The lowest BCUT2D eigenvalue weighted by Gasteiger charge is -2.13. The average molecular weight is 262 g/mol. The zero-order valence-electron chi connectivity index (χ0n) is 12.4. The molecule has 0 aliphatic rings. The van der Waals surface area contributed by atoms with Gasteiger partial charge in [0.25, 0.3) is 0 Å². The number of hydrogen-bond donors (Lipinski definition) is 0. The third kappa shape index (κ3) is 5.82. The van der Waals surface area contributed by atoms with Crippen LogP contribution in [0.25, 0.3) is 0 Å². The minimum atomic E-state index is 0.737. The Balaban J connectivity index is 2.74. The van der Waals surface area contributed by atoms with Crippen molar-refractivity contribution in [1.82, 2.24) is 0 Å². The number of benzene rings is 1. The minimum absolute atomic E-state index is 0.737. The van der Waals surface area contributed by atoms with Gasteiger partial charge in [-0.3, -0.25) is 0 Å². The topological polar surface area (TPSA) is 18.5 Å². The second-order valence-corrected chi connectivity index (χ2v) is 4.59. The van der Waals surface area contributed by atoms with Crippen LogP contribution in [0, 0.1) is 0 Å². The van der Waals surface area contributed by atoms with Gasteiger partial charge in [-0.25, -0.2) is 0 Å². The molecule has 106 valence electrons. The summed E-state index contributed by atoms with van der Waals surface area (Å²) in [6.45, 7) is 7.75. The van der Waals surface area contributed by atoms with Gasteiger partial charge >= 0.3 is 0 Å². The zero-order chi connectivity index (χ0) is 13.9. The van der Waals surface area contributed by atoms with Crippen LogP contribution in [0.1, 0.15) is 45.6 Å². The van der Waals surface area contributed by atoms with Crippen LogP contribution in [0.2, 0.25) is 0 Å². The van der Waals surface area contributed by atoms with Crippen LogP contribution in [-0.2, 0) is 6.42 Å². The van der Waals surface area contributed by atoms with Crippen molar-refractivity contribution in [2.45, 2.75) is 46.5 Å². The SMILES string of the molecule is C/C=C\CCc1ccc(OCCC)c(OCCC)c1. The van der Waals surface area contributed by atoms with Crippen molar-refractivity contribution in [3.8, 4) is 11.5 Å². The third-order valence-corrected chi connectivity index (χ3v) is 2.77. The summed E-state index contributed by atoms with van der Waals surface area (Å²) >= 11 is 0. The van der Waals surface area contributed by atoms with Crippen LogP contribution in [0.15, 0.2) is 30.4 Å². The first-order valence-electron chi connectivity index (χ1n) is 7.31. The van der Waals surface area contributed by atoms with E-state index in [-0.39, 0.29) is 0 Å². The standard InChI is InChI=1S/C17H26O2/c1-4-7-8-9-15-10-11-16(18-12-5-2)17(14-15)19-13-6-3/h4,7,10-11,14H,5-6,8-9,12-13H2,1-3H3/b7-4-. The summed E-state index contributed by atoms with van der Waals surface area (Å²) in [6, 6.07) is 6.28.